The Hall–Kier alpha value is -3.55. The van der Waals surface area contributed by atoms with Crippen LogP contribution < -0.4 is 15.4 Å². The zero-order valence-corrected chi connectivity index (χ0v) is 17.0. The van der Waals surface area contributed by atoms with Crippen LogP contribution in [0.4, 0.5) is 4.39 Å². The maximum absolute atomic E-state index is 13.3. The molecule has 0 amide bonds. The topological polar surface area (TPSA) is 98.7 Å². The number of hydrogen-bond acceptors (Lipinski definition) is 5. The van der Waals surface area contributed by atoms with Crippen molar-refractivity contribution in [3.05, 3.63) is 65.6 Å². The summed E-state index contributed by atoms with van der Waals surface area (Å²) >= 11 is 0. The maximum Gasteiger partial charge on any atom is 0.304 e. The van der Waals surface area contributed by atoms with E-state index in [2.05, 4.69) is 20.6 Å². The van der Waals surface area contributed by atoms with E-state index < -0.39 is 5.97 Å². The van der Waals surface area contributed by atoms with E-state index in [-0.39, 0.29) is 18.2 Å². The zero-order chi connectivity index (χ0) is 21.6. The van der Waals surface area contributed by atoms with Gasteiger partial charge in [0.05, 0.1) is 19.6 Å². The average Bonchev–Trinajstić information content (AvgIpc) is 3.42. The SMILES string of the molecule is O=C(O)CC(c1ccc(F)cc1)c1c[nH]c2cc(OCCCNC3=NCCN3)ccc12. The van der Waals surface area contributed by atoms with Gasteiger partial charge in [0.25, 0.3) is 0 Å². The number of H-pyrrole nitrogens is 1. The van der Waals surface area contributed by atoms with Gasteiger partial charge >= 0.3 is 5.97 Å². The van der Waals surface area contributed by atoms with Crippen LogP contribution in [0.2, 0.25) is 0 Å². The third-order valence-corrected chi connectivity index (χ3v) is 5.27. The molecule has 31 heavy (non-hydrogen) atoms. The van der Waals surface area contributed by atoms with Crippen molar-refractivity contribution in [2.24, 2.45) is 4.99 Å². The standard InChI is InChI=1S/C23H25FN4O3/c24-16-4-2-15(3-5-16)19(13-22(29)30)20-14-28-21-12-17(6-7-18(20)21)31-11-1-8-25-23-26-9-10-27-23/h2-7,12,14,19,28H,1,8-11,13H2,(H,29,30)(H2,25,26,27). The van der Waals surface area contributed by atoms with Gasteiger partial charge in [-0.15, -0.1) is 0 Å². The monoisotopic (exact) mass is 424 g/mol. The number of benzene rings is 2. The normalized spacial score (nSPS) is 14.2. The number of guanidine groups is 1. The molecule has 0 radical (unpaired) electrons. The van der Waals surface area contributed by atoms with Crippen molar-refractivity contribution in [1.82, 2.24) is 15.6 Å². The van der Waals surface area contributed by atoms with E-state index in [9.17, 15) is 14.3 Å². The van der Waals surface area contributed by atoms with Crippen molar-refractivity contribution >= 4 is 22.8 Å². The highest BCUT2D eigenvalue weighted by Crippen LogP contribution is 2.34. The predicted molar refractivity (Wildman–Crippen MR) is 117 cm³/mol. The van der Waals surface area contributed by atoms with Crippen molar-refractivity contribution in [1.29, 1.82) is 0 Å². The Kier molecular flexibility index (Phi) is 6.35. The van der Waals surface area contributed by atoms with Crippen LogP contribution in [0.15, 0.2) is 53.7 Å². The molecule has 1 atom stereocenters. The molecule has 0 spiro atoms. The van der Waals surface area contributed by atoms with Crippen molar-refractivity contribution in [2.45, 2.75) is 18.8 Å². The first-order chi connectivity index (χ1) is 15.1. The summed E-state index contributed by atoms with van der Waals surface area (Å²) in [5.74, 6) is -0.0414. The van der Waals surface area contributed by atoms with Gasteiger partial charge in [-0.05, 0) is 41.8 Å². The first-order valence-corrected chi connectivity index (χ1v) is 10.3. The molecule has 2 heterocycles. The molecule has 2 aromatic carbocycles. The van der Waals surface area contributed by atoms with E-state index in [1.165, 1.54) is 12.1 Å². The van der Waals surface area contributed by atoms with Gasteiger partial charge in [-0.3, -0.25) is 9.79 Å². The number of aromatic amines is 1. The summed E-state index contributed by atoms with van der Waals surface area (Å²) in [5, 5.41) is 16.7. The van der Waals surface area contributed by atoms with Crippen LogP contribution in [-0.4, -0.2) is 48.3 Å². The predicted octanol–water partition coefficient (Wildman–Crippen LogP) is 3.23. The molecule has 0 aliphatic carbocycles. The molecule has 1 aromatic heterocycles. The van der Waals surface area contributed by atoms with Gasteiger partial charge < -0.3 is 25.5 Å². The lowest BCUT2D eigenvalue weighted by molar-refractivity contribution is -0.137. The number of nitrogens with one attached hydrogen (secondary N) is 3. The van der Waals surface area contributed by atoms with Crippen LogP contribution in [-0.2, 0) is 4.79 Å². The molecule has 3 aromatic rings. The third-order valence-electron chi connectivity index (χ3n) is 5.27. The lowest BCUT2D eigenvalue weighted by Gasteiger charge is -2.15. The fourth-order valence-electron chi connectivity index (χ4n) is 3.77. The molecule has 7 nitrogen and oxygen atoms in total. The van der Waals surface area contributed by atoms with Gasteiger partial charge in [-0.2, -0.15) is 0 Å². The second-order valence-corrected chi connectivity index (χ2v) is 7.44. The Labute approximate surface area is 179 Å². The summed E-state index contributed by atoms with van der Waals surface area (Å²) in [4.78, 5) is 19.0. The number of aromatic nitrogens is 1. The number of nitrogens with zero attached hydrogens (tertiary/aromatic N) is 1. The highest BCUT2D eigenvalue weighted by Gasteiger charge is 2.21. The summed E-state index contributed by atoms with van der Waals surface area (Å²) in [6, 6.07) is 11.7. The number of halogens is 1. The van der Waals surface area contributed by atoms with Gasteiger partial charge in [0, 0.05) is 42.2 Å². The molecule has 1 aliphatic heterocycles. The quantitative estimate of drug-likeness (QED) is 0.396. The number of ether oxygens (including phenoxy) is 1. The second-order valence-electron chi connectivity index (χ2n) is 7.44. The van der Waals surface area contributed by atoms with E-state index in [0.29, 0.717) is 6.61 Å². The number of aliphatic carboxylic acids is 1. The number of carboxylic acid groups (broad SMARTS) is 1. The summed E-state index contributed by atoms with van der Waals surface area (Å²) in [6.45, 7) is 3.03. The van der Waals surface area contributed by atoms with Gasteiger partial charge in [0.15, 0.2) is 5.96 Å². The highest BCUT2D eigenvalue weighted by atomic mass is 19.1. The number of fused-ring (bicyclic) bond motifs is 1. The maximum atomic E-state index is 13.3. The average molecular weight is 424 g/mol. The van der Waals surface area contributed by atoms with Gasteiger partial charge in [0.2, 0.25) is 0 Å². The van der Waals surface area contributed by atoms with Crippen LogP contribution in [0.1, 0.15) is 29.9 Å². The van der Waals surface area contributed by atoms with E-state index in [1.807, 2.05) is 24.4 Å². The Bertz CT molecular complexity index is 1080. The lowest BCUT2D eigenvalue weighted by atomic mass is 9.88. The molecular formula is C23H25FN4O3. The van der Waals surface area contributed by atoms with Gasteiger partial charge in [-0.1, -0.05) is 12.1 Å². The molecule has 0 saturated heterocycles. The van der Waals surface area contributed by atoms with Crippen LogP contribution in [0.5, 0.6) is 5.75 Å². The van der Waals surface area contributed by atoms with E-state index in [0.717, 1.165) is 59.8 Å². The first-order valence-electron chi connectivity index (χ1n) is 10.3. The molecule has 0 bridgehead atoms. The summed E-state index contributed by atoms with van der Waals surface area (Å²) in [5.41, 5.74) is 2.50. The summed E-state index contributed by atoms with van der Waals surface area (Å²) < 4.78 is 19.2. The van der Waals surface area contributed by atoms with E-state index >= 15 is 0 Å². The third kappa shape index (κ3) is 5.14. The molecule has 8 heteroatoms. The molecule has 1 unspecified atom stereocenters. The summed E-state index contributed by atoms with van der Waals surface area (Å²) in [7, 11) is 0. The fourth-order valence-corrected chi connectivity index (χ4v) is 3.77. The number of rotatable bonds is 9. The lowest BCUT2D eigenvalue weighted by Crippen LogP contribution is -2.34. The molecule has 0 fully saturated rings. The van der Waals surface area contributed by atoms with Gasteiger partial charge in [-0.25, -0.2) is 4.39 Å². The minimum absolute atomic E-state index is 0.0794. The minimum atomic E-state index is -0.906. The molecule has 4 rings (SSSR count). The molecule has 1 aliphatic rings. The number of hydrogen-bond donors (Lipinski definition) is 4. The van der Waals surface area contributed by atoms with Crippen LogP contribution in [0, 0.1) is 5.82 Å². The van der Waals surface area contributed by atoms with Crippen LogP contribution >= 0.6 is 0 Å². The van der Waals surface area contributed by atoms with Crippen molar-refractivity contribution in [3.63, 3.8) is 0 Å². The Morgan fingerprint density at radius 3 is 2.84 bits per heavy atom. The second kappa shape index (κ2) is 9.51. The highest BCUT2D eigenvalue weighted by molar-refractivity contribution is 5.86. The first kappa shape index (κ1) is 20.7. The van der Waals surface area contributed by atoms with Crippen LogP contribution in [0.3, 0.4) is 0 Å². The number of aliphatic imine (C=N–C) groups is 1. The number of carboxylic acids is 1. The fraction of sp³-hybridized carbons (Fsp3) is 0.304. The van der Waals surface area contributed by atoms with Crippen molar-refractivity contribution in [3.8, 4) is 5.75 Å². The Morgan fingerprint density at radius 2 is 2.10 bits per heavy atom. The smallest absolute Gasteiger partial charge is 0.304 e. The Balaban J connectivity index is 1.44. The minimum Gasteiger partial charge on any atom is -0.493 e. The summed E-state index contributed by atoms with van der Waals surface area (Å²) in [6.07, 6.45) is 2.58. The van der Waals surface area contributed by atoms with Gasteiger partial charge in [0.1, 0.15) is 11.6 Å². The van der Waals surface area contributed by atoms with E-state index in [1.54, 1.807) is 12.1 Å². The van der Waals surface area contributed by atoms with Crippen LogP contribution in [0.25, 0.3) is 10.9 Å². The molecule has 4 N–H and O–H groups in total. The Morgan fingerprint density at radius 1 is 1.26 bits per heavy atom. The van der Waals surface area contributed by atoms with E-state index in [4.69, 9.17) is 4.74 Å². The van der Waals surface area contributed by atoms with Crippen molar-refractivity contribution in [2.75, 3.05) is 26.2 Å². The largest absolute Gasteiger partial charge is 0.493 e. The number of carbonyl (C=O) groups is 1. The molecule has 162 valence electrons. The zero-order valence-electron chi connectivity index (χ0n) is 17.0. The van der Waals surface area contributed by atoms with Crippen molar-refractivity contribution < 1.29 is 19.0 Å². The molecular weight excluding hydrogens is 399 g/mol. The molecule has 0 saturated carbocycles.